The molecule has 2 aromatic rings. The average molecular weight is 333 g/mol. The van der Waals surface area contributed by atoms with Gasteiger partial charge in [-0.25, -0.2) is 0 Å². The summed E-state index contributed by atoms with van der Waals surface area (Å²) in [7, 11) is 0. The predicted molar refractivity (Wildman–Crippen MR) is 85.8 cm³/mol. The molecule has 0 unspecified atom stereocenters. The van der Waals surface area contributed by atoms with E-state index in [0.29, 0.717) is 5.56 Å². The molecule has 5 heteroatoms. The van der Waals surface area contributed by atoms with Crippen LogP contribution in [0.15, 0.2) is 48.5 Å². The monoisotopic (exact) mass is 333 g/mol. The molecule has 3 rings (SSSR count). The summed E-state index contributed by atoms with van der Waals surface area (Å²) in [6.07, 6.45) is -2.02. The van der Waals surface area contributed by atoms with E-state index in [-0.39, 0.29) is 5.56 Å². The van der Waals surface area contributed by atoms with Crippen LogP contribution < -0.4 is 0 Å². The van der Waals surface area contributed by atoms with Gasteiger partial charge in [-0.3, -0.25) is 9.69 Å². The topological polar surface area (TPSA) is 20.3 Å². The van der Waals surface area contributed by atoms with Crippen LogP contribution in [0, 0.1) is 0 Å². The van der Waals surface area contributed by atoms with Gasteiger partial charge in [0.2, 0.25) is 0 Å². The van der Waals surface area contributed by atoms with Crippen LogP contribution in [0.25, 0.3) is 0 Å². The molecule has 0 radical (unpaired) electrons. The SMILES string of the molecule is O=C(c1ccc(CN2CCCC2)cc1)c1cccc(C(F)(F)F)c1. The van der Waals surface area contributed by atoms with Crippen LogP contribution in [0.4, 0.5) is 13.2 Å². The summed E-state index contributed by atoms with van der Waals surface area (Å²) in [6.45, 7) is 3.02. The molecule has 0 aromatic heterocycles. The van der Waals surface area contributed by atoms with Crippen LogP contribution in [-0.2, 0) is 12.7 Å². The Morgan fingerprint density at radius 1 is 0.958 bits per heavy atom. The Hall–Kier alpha value is -2.14. The normalized spacial score (nSPS) is 15.6. The number of halogens is 3. The smallest absolute Gasteiger partial charge is 0.299 e. The number of rotatable bonds is 4. The van der Waals surface area contributed by atoms with E-state index in [9.17, 15) is 18.0 Å². The molecule has 1 aliphatic heterocycles. The molecule has 0 spiro atoms. The quantitative estimate of drug-likeness (QED) is 0.766. The van der Waals surface area contributed by atoms with Crippen LogP contribution in [0.1, 0.15) is 39.9 Å². The van der Waals surface area contributed by atoms with Gasteiger partial charge in [0.1, 0.15) is 0 Å². The molecular weight excluding hydrogens is 315 g/mol. The predicted octanol–water partition coefficient (Wildman–Crippen LogP) is 4.53. The number of nitrogens with zero attached hydrogens (tertiary/aromatic N) is 1. The molecule has 2 aromatic carbocycles. The van der Waals surface area contributed by atoms with Crippen LogP contribution in [-0.4, -0.2) is 23.8 Å². The lowest BCUT2D eigenvalue weighted by Crippen LogP contribution is -2.18. The van der Waals surface area contributed by atoms with Gasteiger partial charge in [-0.05, 0) is 43.6 Å². The summed E-state index contributed by atoms with van der Waals surface area (Å²) in [6, 6.07) is 11.7. The van der Waals surface area contributed by atoms with Gasteiger partial charge in [0.05, 0.1) is 5.56 Å². The van der Waals surface area contributed by atoms with Gasteiger partial charge in [0, 0.05) is 17.7 Å². The number of alkyl halides is 3. The lowest BCUT2D eigenvalue weighted by Gasteiger charge is -2.14. The summed E-state index contributed by atoms with van der Waals surface area (Å²) in [5.74, 6) is -0.395. The second kappa shape index (κ2) is 6.77. The van der Waals surface area contributed by atoms with Crippen molar-refractivity contribution in [2.75, 3.05) is 13.1 Å². The van der Waals surface area contributed by atoms with E-state index < -0.39 is 17.5 Å². The molecule has 1 saturated heterocycles. The standard InChI is InChI=1S/C19H18F3NO/c20-19(21,22)17-5-3-4-16(12-17)18(24)15-8-6-14(7-9-15)13-23-10-1-2-11-23/h3-9,12H,1-2,10-11,13H2. The third-order valence-corrected chi connectivity index (χ3v) is 4.27. The summed E-state index contributed by atoms with van der Waals surface area (Å²) < 4.78 is 38.3. The fourth-order valence-electron chi connectivity index (χ4n) is 2.96. The summed E-state index contributed by atoms with van der Waals surface area (Å²) in [5, 5.41) is 0. The molecule has 0 N–H and O–H groups in total. The second-order valence-corrected chi connectivity index (χ2v) is 6.09. The van der Waals surface area contributed by atoms with E-state index in [2.05, 4.69) is 4.90 Å². The van der Waals surface area contributed by atoms with E-state index in [1.165, 1.54) is 25.0 Å². The molecular formula is C19H18F3NO. The minimum atomic E-state index is -4.45. The van der Waals surface area contributed by atoms with Crippen molar-refractivity contribution >= 4 is 5.78 Å². The Balaban J connectivity index is 1.75. The molecule has 24 heavy (non-hydrogen) atoms. The molecule has 126 valence electrons. The number of hydrogen-bond donors (Lipinski definition) is 0. The van der Waals surface area contributed by atoms with E-state index >= 15 is 0 Å². The highest BCUT2D eigenvalue weighted by atomic mass is 19.4. The Bertz CT molecular complexity index is 716. The van der Waals surface area contributed by atoms with Gasteiger partial charge in [-0.2, -0.15) is 13.2 Å². The van der Waals surface area contributed by atoms with Gasteiger partial charge in [0.15, 0.2) is 5.78 Å². The van der Waals surface area contributed by atoms with E-state index in [0.717, 1.165) is 37.3 Å². The largest absolute Gasteiger partial charge is 0.416 e. The molecule has 0 bridgehead atoms. The Kier molecular flexibility index (Phi) is 4.71. The minimum Gasteiger partial charge on any atom is -0.299 e. The first kappa shape index (κ1) is 16.7. The van der Waals surface area contributed by atoms with Crippen molar-refractivity contribution < 1.29 is 18.0 Å². The Morgan fingerprint density at radius 2 is 1.62 bits per heavy atom. The van der Waals surface area contributed by atoms with Gasteiger partial charge in [-0.15, -0.1) is 0 Å². The highest BCUT2D eigenvalue weighted by molar-refractivity contribution is 6.09. The van der Waals surface area contributed by atoms with Gasteiger partial charge < -0.3 is 0 Å². The zero-order chi connectivity index (χ0) is 17.2. The van der Waals surface area contributed by atoms with Crippen molar-refractivity contribution in [1.29, 1.82) is 0 Å². The first-order valence-corrected chi connectivity index (χ1v) is 7.97. The molecule has 1 aliphatic rings. The number of carbonyl (C=O) groups excluding carboxylic acids is 1. The van der Waals surface area contributed by atoms with E-state index in [1.54, 1.807) is 12.1 Å². The lowest BCUT2D eigenvalue weighted by atomic mass is 10.00. The highest BCUT2D eigenvalue weighted by Crippen LogP contribution is 2.30. The first-order valence-electron chi connectivity index (χ1n) is 7.97. The molecule has 0 atom stereocenters. The van der Waals surface area contributed by atoms with Crippen molar-refractivity contribution in [3.8, 4) is 0 Å². The van der Waals surface area contributed by atoms with Crippen LogP contribution in [0.2, 0.25) is 0 Å². The van der Waals surface area contributed by atoms with Crippen molar-refractivity contribution in [3.05, 3.63) is 70.8 Å². The summed E-state index contributed by atoms with van der Waals surface area (Å²) in [4.78, 5) is 14.8. The van der Waals surface area contributed by atoms with Gasteiger partial charge in [-0.1, -0.05) is 36.4 Å². The zero-order valence-electron chi connectivity index (χ0n) is 13.1. The maximum Gasteiger partial charge on any atom is 0.416 e. The van der Waals surface area contributed by atoms with Gasteiger partial charge in [0.25, 0.3) is 0 Å². The highest BCUT2D eigenvalue weighted by Gasteiger charge is 2.30. The molecule has 0 aliphatic carbocycles. The molecule has 0 amide bonds. The first-order chi connectivity index (χ1) is 11.4. The molecule has 2 nitrogen and oxygen atoms in total. The maximum absolute atomic E-state index is 12.8. The zero-order valence-corrected chi connectivity index (χ0v) is 13.1. The molecule has 0 saturated carbocycles. The van der Waals surface area contributed by atoms with Crippen molar-refractivity contribution in [3.63, 3.8) is 0 Å². The Labute approximate surface area is 138 Å². The third-order valence-electron chi connectivity index (χ3n) is 4.27. The second-order valence-electron chi connectivity index (χ2n) is 6.09. The lowest BCUT2D eigenvalue weighted by molar-refractivity contribution is -0.137. The number of carbonyl (C=O) groups is 1. The van der Waals surface area contributed by atoms with Crippen LogP contribution in [0.5, 0.6) is 0 Å². The Morgan fingerprint density at radius 3 is 2.25 bits per heavy atom. The third kappa shape index (κ3) is 3.85. The van der Waals surface area contributed by atoms with Crippen molar-refractivity contribution in [2.24, 2.45) is 0 Å². The van der Waals surface area contributed by atoms with Gasteiger partial charge >= 0.3 is 6.18 Å². The van der Waals surface area contributed by atoms with E-state index in [4.69, 9.17) is 0 Å². The number of hydrogen-bond acceptors (Lipinski definition) is 2. The van der Waals surface area contributed by atoms with Crippen molar-refractivity contribution in [2.45, 2.75) is 25.6 Å². The average Bonchev–Trinajstić information content (AvgIpc) is 3.07. The fraction of sp³-hybridized carbons (Fsp3) is 0.316. The van der Waals surface area contributed by atoms with Crippen LogP contribution >= 0.6 is 0 Å². The molecule has 1 heterocycles. The van der Waals surface area contributed by atoms with Crippen molar-refractivity contribution in [1.82, 2.24) is 4.90 Å². The fourth-order valence-corrected chi connectivity index (χ4v) is 2.96. The number of likely N-dealkylation sites (tertiary alicyclic amines) is 1. The summed E-state index contributed by atoms with van der Waals surface area (Å²) >= 11 is 0. The minimum absolute atomic E-state index is 0.0529. The summed E-state index contributed by atoms with van der Waals surface area (Å²) in [5.41, 5.74) is 0.758. The maximum atomic E-state index is 12.8. The number of benzene rings is 2. The number of ketones is 1. The molecule has 1 fully saturated rings. The van der Waals surface area contributed by atoms with E-state index in [1.807, 2.05) is 12.1 Å². The van der Waals surface area contributed by atoms with Crippen LogP contribution in [0.3, 0.4) is 0 Å².